The standard InChI is InChI=1S/C12H12F3NO4S/c13-12(14,15)8-3-1-4-9(7-8)21(19,20)16-6-2-5-10(16)11(17)18/h1,3-4,7,10H,2,5-6H2,(H,17,18)/t10-/m0/s1. The second-order valence-electron chi connectivity index (χ2n) is 4.64. The Morgan fingerprint density at radius 1 is 1.33 bits per heavy atom. The van der Waals surface area contributed by atoms with E-state index in [0.717, 1.165) is 22.5 Å². The largest absolute Gasteiger partial charge is 0.480 e. The molecular formula is C12H12F3NO4S. The summed E-state index contributed by atoms with van der Waals surface area (Å²) in [5.41, 5.74) is -1.09. The van der Waals surface area contributed by atoms with Gasteiger partial charge in [-0.15, -0.1) is 0 Å². The van der Waals surface area contributed by atoms with Crippen LogP contribution in [0.5, 0.6) is 0 Å². The molecule has 0 spiro atoms. The van der Waals surface area contributed by atoms with Crippen molar-refractivity contribution in [1.29, 1.82) is 0 Å². The highest BCUT2D eigenvalue weighted by atomic mass is 32.2. The molecule has 1 aromatic rings. The average Bonchev–Trinajstić information content (AvgIpc) is 2.88. The minimum Gasteiger partial charge on any atom is -0.480 e. The lowest BCUT2D eigenvalue weighted by Crippen LogP contribution is -2.40. The van der Waals surface area contributed by atoms with Crippen LogP contribution in [0.1, 0.15) is 18.4 Å². The maximum atomic E-state index is 12.6. The summed E-state index contributed by atoms with van der Waals surface area (Å²) in [6.45, 7) is -0.0183. The first kappa shape index (κ1) is 15.8. The third-order valence-corrected chi connectivity index (χ3v) is 5.16. The molecule has 1 heterocycles. The molecule has 116 valence electrons. The van der Waals surface area contributed by atoms with Crippen molar-refractivity contribution in [3.8, 4) is 0 Å². The number of carboxylic acids is 1. The van der Waals surface area contributed by atoms with Crippen molar-refractivity contribution in [2.24, 2.45) is 0 Å². The molecule has 1 fully saturated rings. The molecule has 2 rings (SSSR count). The number of halogens is 3. The first-order chi connectivity index (χ1) is 9.64. The summed E-state index contributed by atoms with van der Waals surface area (Å²) in [6.07, 6.45) is -4.16. The number of hydrogen-bond donors (Lipinski definition) is 1. The van der Waals surface area contributed by atoms with Gasteiger partial charge in [0.15, 0.2) is 0 Å². The van der Waals surface area contributed by atoms with Crippen LogP contribution in [0.2, 0.25) is 0 Å². The molecule has 0 bridgehead atoms. The van der Waals surface area contributed by atoms with E-state index in [4.69, 9.17) is 5.11 Å². The third-order valence-electron chi connectivity index (χ3n) is 3.26. The number of benzene rings is 1. The van der Waals surface area contributed by atoms with E-state index in [1.54, 1.807) is 0 Å². The smallest absolute Gasteiger partial charge is 0.416 e. The topological polar surface area (TPSA) is 74.7 Å². The van der Waals surface area contributed by atoms with Gasteiger partial charge in [0.1, 0.15) is 6.04 Å². The molecule has 0 radical (unpaired) electrons. The Kier molecular flexibility index (Phi) is 3.98. The van der Waals surface area contributed by atoms with Gasteiger partial charge >= 0.3 is 12.1 Å². The van der Waals surface area contributed by atoms with Gasteiger partial charge in [-0.1, -0.05) is 6.07 Å². The van der Waals surface area contributed by atoms with Gasteiger partial charge in [0, 0.05) is 6.54 Å². The van der Waals surface area contributed by atoms with Gasteiger partial charge in [0.2, 0.25) is 10.0 Å². The van der Waals surface area contributed by atoms with Crippen LogP contribution in [0, 0.1) is 0 Å². The molecule has 1 aliphatic rings. The highest BCUT2D eigenvalue weighted by Crippen LogP contribution is 2.32. The van der Waals surface area contributed by atoms with Crippen molar-refractivity contribution >= 4 is 16.0 Å². The summed E-state index contributed by atoms with van der Waals surface area (Å²) in [5, 5.41) is 8.99. The Bertz CT molecular complexity index is 657. The maximum absolute atomic E-state index is 12.6. The molecular weight excluding hydrogens is 311 g/mol. The highest BCUT2D eigenvalue weighted by molar-refractivity contribution is 7.89. The zero-order chi connectivity index (χ0) is 15.8. The van der Waals surface area contributed by atoms with Gasteiger partial charge in [-0.25, -0.2) is 8.42 Å². The van der Waals surface area contributed by atoms with Crippen molar-refractivity contribution in [1.82, 2.24) is 4.31 Å². The molecule has 1 atom stereocenters. The fraction of sp³-hybridized carbons (Fsp3) is 0.417. The van der Waals surface area contributed by atoms with Crippen LogP contribution >= 0.6 is 0 Å². The number of carbonyl (C=O) groups is 1. The van der Waals surface area contributed by atoms with E-state index in [1.807, 2.05) is 0 Å². The summed E-state index contributed by atoms with van der Waals surface area (Å²) in [7, 11) is -4.26. The monoisotopic (exact) mass is 323 g/mol. The van der Waals surface area contributed by atoms with Gasteiger partial charge in [0.05, 0.1) is 10.5 Å². The summed E-state index contributed by atoms with van der Waals surface area (Å²) in [5.74, 6) is -1.30. The zero-order valence-electron chi connectivity index (χ0n) is 10.7. The number of nitrogens with zero attached hydrogens (tertiary/aromatic N) is 1. The van der Waals surface area contributed by atoms with Crippen molar-refractivity contribution in [2.45, 2.75) is 30.0 Å². The average molecular weight is 323 g/mol. The van der Waals surface area contributed by atoms with Crippen LogP contribution < -0.4 is 0 Å². The highest BCUT2D eigenvalue weighted by Gasteiger charge is 2.40. The zero-order valence-corrected chi connectivity index (χ0v) is 11.5. The molecule has 1 saturated heterocycles. The predicted octanol–water partition coefficient (Wildman–Crippen LogP) is 1.94. The number of rotatable bonds is 3. The Morgan fingerprint density at radius 3 is 2.57 bits per heavy atom. The van der Waals surface area contributed by atoms with Crippen LogP contribution in [0.15, 0.2) is 29.2 Å². The van der Waals surface area contributed by atoms with E-state index in [1.165, 1.54) is 0 Å². The van der Waals surface area contributed by atoms with Crippen molar-refractivity contribution < 1.29 is 31.5 Å². The van der Waals surface area contributed by atoms with Crippen LogP contribution in [-0.2, 0) is 21.0 Å². The molecule has 1 N–H and O–H groups in total. The van der Waals surface area contributed by atoms with Gasteiger partial charge < -0.3 is 5.11 Å². The number of aliphatic carboxylic acids is 1. The Labute approximate surface area is 119 Å². The SMILES string of the molecule is O=C(O)[C@@H]1CCCN1S(=O)(=O)c1cccc(C(F)(F)F)c1. The van der Waals surface area contributed by atoms with E-state index < -0.39 is 38.7 Å². The fourth-order valence-corrected chi connectivity index (χ4v) is 3.94. The normalized spacial score (nSPS) is 20.6. The Balaban J connectivity index is 2.43. The molecule has 21 heavy (non-hydrogen) atoms. The minimum atomic E-state index is -4.66. The second kappa shape index (κ2) is 5.30. The summed E-state index contributed by atoms with van der Waals surface area (Å²) >= 11 is 0. The van der Waals surface area contributed by atoms with E-state index >= 15 is 0 Å². The molecule has 0 aliphatic carbocycles. The second-order valence-corrected chi connectivity index (χ2v) is 6.53. The third kappa shape index (κ3) is 3.03. The Morgan fingerprint density at radius 2 is 2.00 bits per heavy atom. The molecule has 0 aromatic heterocycles. The summed E-state index contributed by atoms with van der Waals surface area (Å²) in [4.78, 5) is 10.5. The van der Waals surface area contributed by atoms with E-state index in [2.05, 4.69) is 0 Å². The lowest BCUT2D eigenvalue weighted by molar-refractivity contribution is -0.141. The van der Waals surface area contributed by atoms with E-state index in [9.17, 15) is 26.4 Å². The fourth-order valence-electron chi connectivity index (χ4n) is 2.24. The van der Waals surface area contributed by atoms with Crippen molar-refractivity contribution in [2.75, 3.05) is 6.54 Å². The van der Waals surface area contributed by atoms with Crippen LogP contribution in [-0.4, -0.2) is 36.4 Å². The van der Waals surface area contributed by atoms with Gasteiger partial charge in [0.25, 0.3) is 0 Å². The quantitative estimate of drug-likeness (QED) is 0.922. The first-order valence-electron chi connectivity index (χ1n) is 6.06. The number of carboxylic acid groups (broad SMARTS) is 1. The molecule has 0 amide bonds. The van der Waals surface area contributed by atoms with Crippen LogP contribution in [0.3, 0.4) is 0 Å². The van der Waals surface area contributed by atoms with Crippen LogP contribution in [0.25, 0.3) is 0 Å². The summed E-state index contributed by atoms with van der Waals surface area (Å²) < 4.78 is 63.3. The van der Waals surface area contributed by atoms with Gasteiger partial charge in [-0.3, -0.25) is 4.79 Å². The van der Waals surface area contributed by atoms with E-state index in [-0.39, 0.29) is 13.0 Å². The minimum absolute atomic E-state index is 0.0183. The van der Waals surface area contributed by atoms with Crippen molar-refractivity contribution in [3.63, 3.8) is 0 Å². The van der Waals surface area contributed by atoms with E-state index in [0.29, 0.717) is 12.5 Å². The summed E-state index contributed by atoms with van der Waals surface area (Å²) in [6, 6.07) is 2.07. The molecule has 1 aromatic carbocycles. The Hall–Kier alpha value is -1.61. The number of alkyl halides is 3. The van der Waals surface area contributed by atoms with Crippen LogP contribution in [0.4, 0.5) is 13.2 Å². The van der Waals surface area contributed by atoms with Crippen molar-refractivity contribution in [3.05, 3.63) is 29.8 Å². The molecule has 0 unspecified atom stereocenters. The number of sulfonamides is 1. The lowest BCUT2D eigenvalue weighted by atomic mass is 10.2. The molecule has 0 saturated carbocycles. The molecule has 9 heteroatoms. The number of hydrogen-bond acceptors (Lipinski definition) is 3. The predicted molar refractivity (Wildman–Crippen MR) is 66.0 cm³/mol. The lowest BCUT2D eigenvalue weighted by Gasteiger charge is -2.21. The maximum Gasteiger partial charge on any atom is 0.416 e. The molecule has 1 aliphatic heterocycles. The van der Waals surface area contributed by atoms with Gasteiger partial charge in [-0.05, 0) is 31.0 Å². The molecule has 5 nitrogen and oxygen atoms in total. The first-order valence-corrected chi connectivity index (χ1v) is 7.50. The van der Waals surface area contributed by atoms with Gasteiger partial charge in [-0.2, -0.15) is 17.5 Å².